The van der Waals surface area contributed by atoms with Crippen LogP contribution in [0.3, 0.4) is 0 Å². The van der Waals surface area contributed by atoms with Crippen molar-refractivity contribution in [2.24, 2.45) is 0 Å². The summed E-state index contributed by atoms with van der Waals surface area (Å²) >= 11 is 2.99. The molecule has 1 nitrogen and oxygen atoms in total. The van der Waals surface area contributed by atoms with E-state index in [0.29, 0.717) is 10.9 Å². The minimum atomic E-state index is -0.301. The van der Waals surface area contributed by atoms with Crippen LogP contribution >= 0.6 is 23.1 Å². The SMILES string of the molecule is CSc1csc2cc(C#N)cc(F)c12. The number of fused-ring (bicyclic) bond motifs is 1. The lowest BCUT2D eigenvalue weighted by Gasteiger charge is -1.96. The molecule has 1 aromatic heterocycles. The number of nitrogens with zero attached hydrogens (tertiary/aromatic N) is 1. The van der Waals surface area contributed by atoms with Crippen LogP contribution in [-0.2, 0) is 0 Å². The van der Waals surface area contributed by atoms with Crippen molar-refractivity contribution in [3.63, 3.8) is 0 Å². The number of thioether (sulfide) groups is 1. The molecule has 1 aromatic carbocycles. The summed E-state index contributed by atoms with van der Waals surface area (Å²) in [6.07, 6.45) is 1.92. The largest absolute Gasteiger partial charge is 0.206 e. The maximum Gasteiger partial charge on any atom is 0.134 e. The highest BCUT2D eigenvalue weighted by Gasteiger charge is 2.09. The lowest BCUT2D eigenvalue weighted by atomic mass is 10.2. The molecule has 0 aliphatic rings. The van der Waals surface area contributed by atoms with Gasteiger partial charge in [0.1, 0.15) is 5.82 Å². The molecule has 0 amide bonds. The third-order valence-corrected chi connectivity index (χ3v) is 3.78. The third kappa shape index (κ3) is 1.39. The van der Waals surface area contributed by atoms with E-state index >= 15 is 0 Å². The van der Waals surface area contributed by atoms with Gasteiger partial charge in [-0.3, -0.25) is 0 Å². The quantitative estimate of drug-likeness (QED) is 0.689. The minimum absolute atomic E-state index is 0.301. The first-order chi connectivity index (χ1) is 6.76. The Morgan fingerprint density at radius 2 is 2.29 bits per heavy atom. The van der Waals surface area contributed by atoms with Crippen molar-refractivity contribution in [1.82, 2.24) is 0 Å². The molecule has 0 saturated heterocycles. The van der Waals surface area contributed by atoms with E-state index in [1.165, 1.54) is 29.2 Å². The molecule has 0 bridgehead atoms. The standard InChI is InChI=1S/C10H6FNS2/c1-13-9-5-14-8-3-6(4-12)2-7(11)10(8)9/h2-3,5H,1H3. The summed E-state index contributed by atoms with van der Waals surface area (Å²) in [7, 11) is 0. The van der Waals surface area contributed by atoms with Crippen molar-refractivity contribution in [2.75, 3.05) is 6.26 Å². The molecule has 0 aliphatic carbocycles. The second-order valence-electron chi connectivity index (χ2n) is 2.75. The van der Waals surface area contributed by atoms with Crippen molar-refractivity contribution < 1.29 is 4.39 Å². The smallest absolute Gasteiger partial charge is 0.134 e. The van der Waals surface area contributed by atoms with Crippen LogP contribution in [0.1, 0.15) is 5.56 Å². The van der Waals surface area contributed by atoms with Gasteiger partial charge in [0.2, 0.25) is 0 Å². The predicted octanol–water partition coefficient (Wildman–Crippen LogP) is 3.63. The summed E-state index contributed by atoms with van der Waals surface area (Å²) < 4.78 is 14.4. The van der Waals surface area contributed by atoms with Crippen molar-refractivity contribution in [1.29, 1.82) is 5.26 Å². The van der Waals surface area contributed by atoms with Crippen LogP contribution in [0.4, 0.5) is 4.39 Å². The Kier molecular flexibility index (Phi) is 2.44. The van der Waals surface area contributed by atoms with E-state index in [9.17, 15) is 4.39 Å². The normalized spacial score (nSPS) is 10.4. The number of nitriles is 1. The van der Waals surface area contributed by atoms with E-state index in [2.05, 4.69) is 0 Å². The van der Waals surface area contributed by atoms with Crippen LogP contribution in [0.2, 0.25) is 0 Å². The van der Waals surface area contributed by atoms with Crippen molar-refractivity contribution in [3.05, 3.63) is 28.9 Å². The highest BCUT2D eigenvalue weighted by molar-refractivity contribution is 7.99. The molecule has 14 heavy (non-hydrogen) atoms. The summed E-state index contributed by atoms with van der Waals surface area (Å²) in [5, 5.41) is 11.2. The summed E-state index contributed by atoms with van der Waals surface area (Å²) in [5.74, 6) is -0.301. The molecule has 0 saturated carbocycles. The van der Waals surface area contributed by atoms with Crippen LogP contribution < -0.4 is 0 Å². The van der Waals surface area contributed by atoms with Gasteiger partial charge in [-0.15, -0.1) is 23.1 Å². The lowest BCUT2D eigenvalue weighted by molar-refractivity contribution is 0.638. The second kappa shape index (κ2) is 3.60. The van der Waals surface area contributed by atoms with Gasteiger partial charge in [0.25, 0.3) is 0 Å². The number of hydrogen-bond donors (Lipinski definition) is 0. The van der Waals surface area contributed by atoms with Gasteiger partial charge in [-0.05, 0) is 18.4 Å². The lowest BCUT2D eigenvalue weighted by Crippen LogP contribution is -1.80. The molecule has 0 aliphatic heterocycles. The predicted molar refractivity (Wildman–Crippen MR) is 58.3 cm³/mol. The third-order valence-electron chi connectivity index (χ3n) is 1.94. The first-order valence-electron chi connectivity index (χ1n) is 3.91. The summed E-state index contributed by atoms with van der Waals surface area (Å²) in [6.45, 7) is 0. The van der Waals surface area contributed by atoms with Gasteiger partial charge in [-0.25, -0.2) is 4.39 Å². The van der Waals surface area contributed by atoms with Crippen LogP contribution in [0.5, 0.6) is 0 Å². The Morgan fingerprint density at radius 3 is 2.93 bits per heavy atom. The summed E-state index contributed by atoms with van der Waals surface area (Å²) in [6, 6.07) is 4.96. The Labute approximate surface area is 89.2 Å². The average molecular weight is 223 g/mol. The van der Waals surface area contributed by atoms with Gasteiger partial charge < -0.3 is 0 Å². The Balaban J connectivity index is 2.80. The van der Waals surface area contributed by atoms with E-state index in [1.807, 2.05) is 17.7 Å². The van der Waals surface area contributed by atoms with Crippen molar-refractivity contribution in [3.8, 4) is 6.07 Å². The molecule has 4 heteroatoms. The topological polar surface area (TPSA) is 23.8 Å². The zero-order chi connectivity index (χ0) is 10.1. The highest BCUT2D eigenvalue weighted by atomic mass is 32.2. The van der Waals surface area contributed by atoms with E-state index < -0.39 is 0 Å². The zero-order valence-electron chi connectivity index (χ0n) is 7.37. The first-order valence-corrected chi connectivity index (χ1v) is 6.01. The fourth-order valence-electron chi connectivity index (χ4n) is 1.30. The van der Waals surface area contributed by atoms with Gasteiger partial charge in [-0.1, -0.05) is 0 Å². The fraction of sp³-hybridized carbons (Fsp3) is 0.100. The second-order valence-corrected chi connectivity index (χ2v) is 4.51. The molecule has 0 atom stereocenters. The Hall–Kier alpha value is -1.05. The number of rotatable bonds is 1. The van der Waals surface area contributed by atoms with E-state index in [4.69, 9.17) is 5.26 Å². The number of hydrogen-bond acceptors (Lipinski definition) is 3. The molecule has 0 unspecified atom stereocenters. The monoisotopic (exact) mass is 223 g/mol. The molecule has 2 rings (SSSR count). The van der Waals surface area contributed by atoms with Gasteiger partial charge in [0.15, 0.2) is 0 Å². The van der Waals surface area contributed by atoms with Gasteiger partial charge in [0, 0.05) is 20.4 Å². The van der Waals surface area contributed by atoms with E-state index in [-0.39, 0.29) is 5.82 Å². The molecule has 2 aromatic rings. The molecule has 0 spiro atoms. The fourth-order valence-corrected chi connectivity index (χ4v) is 3.18. The molecule has 70 valence electrons. The van der Waals surface area contributed by atoms with Crippen LogP contribution in [0.15, 0.2) is 22.4 Å². The molecular formula is C10H6FNS2. The minimum Gasteiger partial charge on any atom is -0.206 e. The summed E-state index contributed by atoms with van der Waals surface area (Å²) in [5.41, 5.74) is 0.379. The first kappa shape index (κ1) is 9.50. The molecule has 1 heterocycles. The molecular weight excluding hydrogens is 217 g/mol. The van der Waals surface area contributed by atoms with Gasteiger partial charge >= 0.3 is 0 Å². The summed E-state index contributed by atoms with van der Waals surface area (Å²) in [4.78, 5) is 0.937. The zero-order valence-corrected chi connectivity index (χ0v) is 9.01. The van der Waals surface area contributed by atoms with Gasteiger partial charge in [0.05, 0.1) is 11.6 Å². The van der Waals surface area contributed by atoms with Crippen molar-refractivity contribution >= 4 is 33.2 Å². The average Bonchev–Trinajstić information content (AvgIpc) is 2.61. The number of thiophene rings is 1. The molecule has 0 fully saturated rings. The van der Waals surface area contributed by atoms with Crippen LogP contribution in [0, 0.1) is 17.1 Å². The maximum absolute atomic E-state index is 13.6. The van der Waals surface area contributed by atoms with Crippen LogP contribution in [0.25, 0.3) is 10.1 Å². The Morgan fingerprint density at radius 1 is 1.50 bits per heavy atom. The number of halogens is 1. The highest BCUT2D eigenvalue weighted by Crippen LogP contribution is 2.34. The maximum atomic E-state index is 13.6. The number of benzene rings is 1. The molecule has 0 radical (unpaired) electrons. The van der Waals surface area contributed by atoms with Crippen LogP contribution in [-0.4, -0.2) is 6.26 Å². The molecule has 0 N–H and O–H groups in total. The van der Waals surface area contributed by atoms with Crippen molar-refractivity contribution in [2.45, 2.75) is 4.90 Å². The van der Waals surface area contributed by atoms with Gasteiger partial charge in [-0.2, -0.15) is 5.26 Å². The van der Waals surface area contributed by atoms with E-state index in [0.717, 1.165) is 9.60 Å². The Bertz CT molecular complexity index is 525. The van der Waals surface area contributed by atoms with E-state index in [1.54, 1.807) is 6.07 Å².